The van der Waals surface area contributed by atoms with Gasteiger partial charge in [-0.15, -0.1) is 0 Å². The average molecular weight is 277 g/mol. The van der Waals surface area contributed by atoms with Gasteiger partial charge in [-0.05, 0) is 43.7 Å². The average Bonchev–Trinajstić information content (AvgIpc) is 2.45. The number of amides is 3. The quantitative estimate of drug-likeness (QED) is 0.766. The fourth-order valence-corrected chi connectivity index (χ4v) is 1.97. The lowest BCUT2D eigenvalue weighted by atomic mass is 10.2. The van der Waals surface area contributed by atoms with Crippen LogP contribution in [0.4, 0.5) is 10.5 Å². The molecule has 0 bridgehead atoms. The zero-order chi connectivity index (χ0) is 14.4. The molecule has 2 rings (SSSR count). The summed E-state index contributed by atoms with van der Waals surface area (Å²) in [5.41, 5.74) is 6.16. The Morgan fingerprint density at radius 2 is 1.95 bits per heavy atom. The van der Waals surface area contributed by atoms with E-state index in [-0.39, 0.29) is 11.9 Å². The molecule has 6 nitrogen and oxygen atoms in total. The second-order valence-corrected chi connectivity index (χ2v) is 4.59. The van der Waals surface area contributed by atoms with Gasteiger partial charge in [0, 0.05) is 18.7 Å². The Labute approximate surface area is 117 Å². The Balaban J connectivity index is 1.91. The largest absolute Gasteiger partial charge is 0.494 e. The van der Waals surface area contributed by atoms with Crippen molar-refractivity contribution in [2.45, 2.75) is 19.3 Å². The van der Waals surface area contributed by atoms with Crippen LogP contribution in [0.25, 0.3) is 0 Å². The predicted molar refractivity (Wildman–Crippen MR) is 75.7 cm³/mol. The molecule has 3 N–H and O–H groups in total. The number of nitrogens with one attached hydrogen (secondary N) is 1. The summed E-state index contributed by atoms with van der Waals surface area (Å²) in [5, 5.41) is 2.30. The summed E-state index contributed by atoms with van der Waals surface area (Å²) < 4.78 is 5.57. The van der Waals surface area contributed by atoms with Gasteiger partial charge in [0.05, 0.1) is 6.61 Å². The first kappa shape index (κ1) is 14.3. The molecule has 0 saturated carbocycles. The number of imide groups is 1. The van der Waals surface area contributed by atoms with E-state index in [1.54, 1.807) is 4.90 Å². The molecule has 1 heterocycles. The van der Waals surface area contributed by atoms with E-state index in [2.05, 4.69) is 5.32 Å². The van der Waals surface area contributed by atoms with Crippen molar-refractivity contribution in [2.75, 3.05) is 24.6 Å². The minimum Gasteiger partial charge on any atom is -0.494 e. The highest BCUT2D eigenvalue weighted by Gasteiger charge is 2.23. The molecule has 0 aliphatic carbocycles. The van der Waals surface area contributed by atoms with Crippen LogP contribution in [0.15, 0.2) is 24.3 Å². The number of anilines is 1. The van der Waals surface area contributed by atoms with E-state index in [1.807, 2.05) is 24.3 Å². The van der Waals surface area contributed by atoms with E-state index in [0.29, 0.717) is 26.1 Å². The first-order valence-corrected chi connectivity index (χ1v) is 6.75. The van der Waals surface area contributed by atoms with Crippen LogP contribution in [0.2, 0.25) is 0 Å². The van der Waals surface area contributed by atoms with Crippen molar-refractivity contribution in [3.8, 4) is 5.75 Å². The van der Waals surface area contributed by atoms with Crippen LogP contribution < -0.4 is 20.7 Å². The molecule has 108 valence electrons. The third-order valence-corrected chi connectivity index (χ3v) is 3.07. The lowest BCUT2D eigenvalue weighted by Crippen LogP contribution is -2.49. The van der Waals surface area contributed by atoms with E-state index in [1.165, 1.54) is 0 Å². The van der Waals surface area contributed by atoms with Crippen LogP contribution in [0.1, 0.15) is 19.3 Å². The fourth-order valence-electron chi connectivity index (χ4n) is 1.97. The Kier molecular flexibility index (Phi) is 4.95. The first-order chi connectivity index (χ1) is 9.70. The Bertz CT molecular complexity index is 473. The summed E-state index contributed by atoms with van der Waals surface area (Å²) in [6, 6.07) is 6.89. The molecule has 6 heteroatoms. The summed E-state index contributed by atoms with van der Waals surface area (Å²) >= 11 is 0. The lowest BCUT2D eigenvalue weighted by Gasteiger charge is -2.26. The van der Waals surface area contributed by atoms with Crippen molar-refractivity contribution in [1.29, 1.82) is 0 Å². The normalized spacial score (nSPS) is 15.2. The summed E-state index contributed by atoms with van der Waals surface area (Å²) in [6.07, 6.45) is 2.19. The Morgan fingerprint density at radius 3 is 2.60 bits per heavy atom. The highest BCUT2D eigenvalue weighted by molar-refractivity contribution is 6.05. The van der Waals surface area contributed by atoms with Crippen LogP contribution in [0.3, 0.4) is 0 Å². The molecular formula is C14H19N3O3. The van der Waals surface area contributed by atoms with Crippen LogP contribution in [-0.4, -0.2) is 31.6 Å². The molecule has 20 heavy (non-hydrogen) atoms. The molecule has 1 aromatic carbocycles. The molecule has 1 aliphatic heterocycles. The maximum Gasteiger partial charge on any atom is 0.328 e. The van der Waals surface area contributed by atoms with E-state index in [4.69, 9.17) is 10.5 Å². The van der Waals surface area contributed by atoms with Crippen LogP contribution in [0, 0.1) is 0 Å². The van der Waals surface area contributed by atoms with Gasteiger partial charge in [-0.1, -0.05) is 0 Å². The zero-order valence-electron chi connectivity index (χ0n) is 11.3. The number of benzene rings is 1. The number of ether oxygens (including phenoxy) is 1. The number of rotatable bonds is 6. The minimum atomic E-state index is -0.377. The highest BCUT2D eigenvalue weighted by Crippen LogP contribution is 2.21. The van der Waals surface area contributed by atoms with E-state index < -0.39 is 0 Å². The van der Waals surface area contributed by atoms with Crippen molar-refractivity contribution in [1.82, 2.24) is 5.32 Å². The Morgan fingerprint density at radius 1 is 1.20 bits per heavy atom. The molecular weight excluding hydrogens is 258 g/mol. The van der Waals surface area contributed by atoms with Crippen molar-refractivity contribution >= 4 is 17.6 Å². The smallest absolute Gasteiger partial charge is 0.328 e. The van der Waals surface area contributed by atoms with Gasteiger partial charge in [-0.25, -0.2) is 4.79 Å². The summed E-state index contributed by atoms with van der Waals surface area (Å²) in [6.45, 7) is 1.71. The van der Waals surface area contributed by atoms with Crippen molar-refractivity contribution in [3.63, 3.8) is 0 Å². The van der Waals surface area contributed by atoms with Gasteiger partial charge in [-0.3, -0.25) is 15.0 Å². The van der Waals surface area contributed by atoms with Gasteiger partial charge in [0.15, 0.2) is 0 Å². The monoisotopic (exact) mass is 277 g/mol. The van der Waals surface area contributed by atoms with Gasteiger partial charge in [0.1, 0.15) is 5.75 Å². The standard InChI is InChI=1S/C14H19N3O3/c15-8-1-2-10-20-12-5-3-11(4-6-12)17-9-7-13(18)16-14(17)19/h3-6H,1-2,7-10,15H2,(H,16,18,19). The predicted octanol–water partition coefficient (Wildman–Crippen LogP) is 1.25. The maximum absolute atomic E-state index is 11.7. The van der Waals surface area contributed by atoms with Crippen LogP contribution in [0.5, 0.6) is 5.75 Å². The number of hydrogen-bond donors (Lipinski definition) is 2. The molecule has 1 fully saturated rings. The van der Waals surface area contributed by atoms with Gasteiger partial charge in [-0.2, -0.15) is 0 Å². The number of carbonyl (C=O) groups excluding carboxylic acids is 2. The second kappa shape index (κ2) is 6.91. The van der Waals surface area contributed by atoms with Crippen molar-refractivity contribution in [2.24, 2.45) is 5.73 Å². The van der Waals surface area contributed by atoms with E-state index in [9.17, 15) is 9.59 Å². The molecule has 1 aliphatic rings. The summed E-state index contributed by atoms with van der Waals surface area (Å²) in [4.78, 5) is 24.3. The van der Waals surface area contributed by atoms with Gasteiger partial charge in [0.2, 0.25) is 5.91 Å². The minimum absolute atomic E-state index is 0.230. The summed E-state index contributed by atoms with van der Waals surface area (Å²) in [5.74, 6) is 0.533. The maximum atomic E-state index is 11.7. The van der Waals surface area contributed by atoms with E-state index >= 15 is 0 Å². The number of urea groups is 1. The van der Waals surface area contributed by atoms with Crippen molar-refractivity contribution < 1.29 is 14.3 Å². The molecule has 0 spiro atoms. The zero-order valence-corrected chi connectivity index (χ0v) is 11.3. The fraction of sp³-hybridized carbons (Fsp3) is 0.429. The number of carbonyl (C=O) groups is 2. The number of nitrogens with zero attached hydrogens (tertiary/aromatic N) is 1. The molecule has 1 saturated heterocycles. The van der Waals surface area contributed by atoms with Crippen LogP contribution >= 0.6 is 0 Å². The third kappa shape index (κ3) is 3.71. The number of hydrogen-bond acceptors (Lipinski definition) is 4. The second-order valence-electron chi connectivity index (χ2n) is 4.59. The third-order valence-electron chi connectivity index (χ3n) is 3.07. The SMILES string of the molecule is NCCCCOc1ccc(N2CCC(=O)NC2=O)cc1. The topological polar surface area (TPSA) is 84.7 Å². The van der Waals surface area contributed by atoms with Gasteiger partial charge in [0.25, 0.3) is 0 Å². The lowest BCUT2D eigenvalue weighted by molar-refractivity contribution is -0.120. The Hall–Kier alpha value is -2.08. The molecule has 1 aromatic rings. The van der Waals surface area contributed by atoms with Gasteiger partial charge >= 0.3 is 6.03 Å². The number of nitrogens with two attached hydrogens (primary N) is 1. The molecule has 3 amide bonds. The first-order valence-electron chi connectivity index (χ1n) is 6.75. The molecule has 0 unspecified atom stereocenters. The van der Waals surface area contributed by atoms with Gasteiger partial charge < -0.3 is 10.5 Å². The van der Waals surface area contributed by atoms with E-state index in [0.717, 1.165) is 24.3 Å². The molecule has 0 radical (unpaired) electrons. The summed E-state index contributed by atoms with van der Waals surface area (Å²) in [7, 11) is 0. The molecule has 0 aromatic heterocycles. The van der Waals surface area contributed by atoms with Crippen LogP contribution in [-0.2, 0) is 4.79 Å². The highest BCUT2D eigenvalue weighted by atomic mass is 16.5. The molecule has 0 atom stereocenters. The number of unbranched alkanes of at least 4 members (excludes halogenated alkanes) is 1. The van der Waals surface area contributed by atoms with Crippen molar-refractivity contribution in [3.05, 3.63) is 24.3 Å².